The van der Waals surface area contributed by atoms with E-state index in [2.05, 4.69) is 15.6 Å². The lowest BCUT2D eigenvalue weighted by atomic mass is 10.2. The highest BCUT2D eigenvalue weighted by atomic mass is 16.2. The minimum absolute atomic E-state index is 0.0118. The SMILES string of the molecule is CC(=O)N1CCNC(C(=O)NCCc2ccccn2)C1. The molecule has 0 bridgehead atoms. The molecule has 1 saturated heterocycles. The van der Waals surface area contributed by atoms with Gasteiger partial charge in [0.25, 0.3) is 0 Å². The van der Waals surface area contributed by atoms with Gasteiger partial charge in [-0.1, -0.05) is 6.07 Å². The smallest absolute Gasteiger partial charge is 0.238 e. The van der Waals surface area contributed by atoms with Gasteiger partial charge >= 0.3 is 0 Å². The van der Waals surface area contributed by atoms with Crippen molar-refractivity contribution in [1.29, 1.82) is 0 Å². The molecule has 2 N–H and O–H groups in total. The molecule has 108 valence electrons. The molecule has 1 atom stereocenters. The van der Waals surface area contributed by atoms with E-state index >= 15 is 0 Å². The van der Waals surface area contributed by atoms with Crippen molar-refractivity contribution in [2.75, 3.05) is 26.2 Å². The van der Waals surface area contributed by atoms with Crippen LogP contribution in [-0.2, 0) is 16.0 Å². The van der Waals surface area contributed by atoms with Crippen LogP contribution >= 0.6 is 0 Å². The van der Waals surface area contributed by atoms with E-state index in [0.717, 1.165) is 5.69 Å². The van der Waals surface area contributed by atoms with Gasteiger partial charge in [0, 0.05) is 51.4 Å². The van der Waals surface area contributed by atoms with Gasteiger partial charge < -0.3 is 15.5 Å². The van der Waals surface area contributed by atoms with Crippen molar-refractivity contribution in [2.24, 2.45) is 0 Å². The van der Waals surface area contributed by atoms with Crippen LogP contribution in [0.25, 0.3) is 0 Å². The molecule has 2 amide bonds. The van der Waals surface area contributed by atoms with Gasteiger partial charge in [-0.3, -0.25) is 14.6 Å². The van der Waals surface area contributed by atoms with Crippen LogP contribution < -0.4 is 10.6 Å². The molecule has 0 spiro atoms. The Morgan fingerprint density at radius 3 is 3.05 bits per heavy atom. The molecule has 1 aliphatic rings. The maximum Gasteiger partial charge on any atom is 0.238 e. The number of carbonyl (C=O) groups excluding carboxylic acids is 2. The maximum absolute atomic E-state index is 12.0. The number of pyridine rings is 1. The molecule has 1 unspecified atom stereocenters. The largest absolute Gasteiger partial charge is 0.354 e. The van der Waals surface area contributed by atoms with Crippen molar-refractivity contribution < 1.29 is 9.59 Å². The van der Waals surface area contributed by atoms with Gasteiger partial charge in [0.1, 0.15) is 6.04 Å². The Morgan fingerprint density at radius 2 is 2.35 bits per heavy atom. The highest BCUT2D eigenvalue weighted by Crippen LogP contribution is 2.00. The lowest BCUT2D eigenvalue weighted by Gasteiger charge is -2.32. The fraction of sp³-hybridized carbons (Fsp3) is 0.500. The molecule has 1 aliphatic heterocycles. The predicted molar refractivity (Wildman–Crippen MR) is 75.0 cm³/mol. The van der Waals surface area contributed by atoms with E-state index in [-0.39, 0.29) is 17.9 Å². The van der Waals surface area contributed by atoms with E-state index in [0.29, 0.717) is 32.6 Å². The second-order valence-electron chi connectivity index (χ2n) is 4.83. The van der Waals surface area contributed by atoms with Crippen LogP contribution in [0.5, 0.6) is 0 Å². The normalized spacial score (nSPS) is 18.6. The van der Waals surface area contributed by atoms with Crippen LogP contribution in [0, 0.1) is 0 Å². The van der Waals surface area contributed by atoms with Crippen molar-refractivity contribution in [3.63, 3.8) is 0 Å². The average Bonchev–Trinajstić information content (AvgIpc) is 2.48. The Hall–Kier alpha value is -1.95. The zero-order valence-corrected chi connectivity index (χ0v) is 11.6. The van der Waals surface area contributed by atoms with Gasteiger partial charge in [0.05, 0.1) is 0 Å². The molecule has 6 nitrogen and oxygen atoms in total. The first kappa shape index (κ1) is 14.5. The summed E-state index contributed by atoms with van der Waals surface area (Å²) in [6.45, 7) is 3.82. The maximum atomic E-state index is 12.0. The van der Waals surface area contributed by atoms with E-state index < -0.39 is 0 Å². The summed E-state index contributed by atoms with van der Waals surface area (Å²) in [4.78, 5) is 29.2. The third-order valence-corrected chi connectivity index (χ3v) is 3.34. The number of piperazine rings is 1. The van der Waals surface area contributed by atoms with Gasteiger partial charge in [-0.05, 0) is 12.1 Å². The summed E-state index contributed by atoms with van der Waals surface area (Å²) in [6, 6.07) is 5.40. The number of aromatic nitrogens is 1. The molecule has 1 aromatic heterocycles. The van der Waals surface area contributed by atoms with Crippen molar-refractivity contribution >= 4 is 11.8 Å². The second-order valence-corrected chi connectivity index (χ2v) is 4.83. The number of nitrogens with zero attached hydrogens (tertiary/aromatic N) is 2. The van der Waals surface area contributed by atoms with Crippen molar-refractivity contribution in [3.8, 4) is 0 Å². The zero-order chi connectivity index (χ0) is 14.4. The summed E-state index contributed by atoms with van der Waals surface area (Å²) in [5.41, 5.74) is 0.953. The van der Waals surface area contributed by atoms with E-state index in [4.69, 9.17) is 0 Å². The molecule has 2 heterocycles. The van der Waals surface area contributed by atoms with Gasteiger partial charge in [-0.15, -0.1) is 0 Å². The van der Waals surface area contributed by atoms with Crippen molar-refractivity contribution in [2.45, 2.75) is 19.4 Å². The van der Waals surface area contributed by atoms with Crippen LogP contribution in [-0.4, -0.2) is 53.9 Å². The zero-order valence-electron chi connectivity index (χ0n) is 11.6. The first-order chi connectivity index (χ1) is 9.66. The summed E-state index contributed by atoms with van der Waals surface area (Å²) >= 11 is 0. The number of carbonyl (C=O) groups is 2. The molecule has 1 aromatic rings. The third kappa shape index (κ3) is 4.03. The van der Waals surface area contributed by atoms with E-state index in [1.54, 1.807) is 11.1 Å². The molecular formula is C14H20N4O2. The Kier molecular flexibility index (Phi) is 5.06. The molecule has 0 radical (unpaired) electrons. The fourth-order valence-corrected chi connectivity index (χ4v) is 2.19. The van der Waals surface area contributed by atoms with E-state index in [9.17, 15) is 9.59 Å². The minimum atomic E-state index is -0.323. The van der Waals surface area contributed by atoms with Gasteiger partial charge in [-0.2, -0.15) is 0 Å². The lowest BCUT2D eigenvalue weighted by molar-refractivity contribution is -0.132. The van der Waals surface area contributed by atoms with E-state index in [1.807, 2.05) is 18.2 Å². The molecule has 0 saturated carbocycles. The first-order valence-electron chi connectivity index (χ1n) is 6.83. The molecule has 2 rings (SSSR count). The predicted octanol–water partition coefficient (Wildman–Crippen LogP) is -0.439. The Labute approximate surface area is 118 Å². The summed E-state index contributed by atoms with van der Waals surface area (Å²) < 4.78 is 0. The van der Waals surface area contributed by atoms with Crippen molar-refractivity contribution in [3.05, 3.63) is 30.1 Å². The minimum Gasteiger partial charge on any atom is -0.354 e. The topological polar surface area (TPSA) is 74.3 Å². The third-order valence-electron chi connectivity index (χ3n) is 3.34. The molecular weight excluding hydrogens is 256 g/mol. The fourth-order valence-electron chi connectivity index (χ4n) is 2.19. The number of hydrogen-bond acceptors (Lipinski definition) is 4. The number of hydrogen-bond donors (Lipinski definition) is 2. The molecule has 6 heteroatoms. The summed E-state index contributed by atoms with van der Waals surface area (Å²) in [6.07, 6.45) is 2.44. The molecule has 20 heavy (non-hydrogen) atoms. The number of rotatable bonds is 4. The van der Waals surface area contributed by atoms with Crippen LogP contribution in [0.2, 0.25) is 0 Å². The van der Waals surface area contributed by atoms with Gasteiger partial charge in [0.15, 0.2) is 0 Å². The molecule has 0 aliphatic carbocycles. The van der Waals surface area contributed by atoms with Crippen molar-refractivity contribution in [1.82, 2.24) is 20.5 Å². The summed E-state index contributed by atoms with van der Waals surface area (Å²) in [5, 5.41) is 6.01. The Balaban J connectivity index is 1.75. The van der Waals surface area contributed by atoms with Crippen LogP contribution in [0.1, 0.15) is 12.6 Å². The quantitative estimate of drug-likeness (QED) is 0.782. The van der Waals surface area contributed by atoms with Crippen LogP contribution in [0.3, 0.4) is 0 Å². The Bertz CT molecular complexity index is 464. The highest BCUT2D eigenvalue weighted by Gasteiger charge is 2.26. The highest BCUT2D eigenvalue weighted by molar-refractivity contribution is 5.83. The van der Waals surface area contributed by atoms with Gasteiger partial charge in [0.2, 0.25) is 11.8 Å². The number of amides is 2. The molecule has 0 aromatic carbocycles. The van der Waals surface area contributed by atoms with Crippen LogP contribution in [0.4, 0.5) is 0 Å². The van der Waals surface area contributed by atoms with Crippen LogP contribution in [0.15, 0.2) is 24.4 Å². The lowest BCUT2D eigenvalue weighted by Crippen LogP contribution is -2.58. The van der Waals surface area contributed by atoms with E-state index in [1.165, 1.54) is 6.92 Å². The first-order valence-corrected chi connectivity index (χ1v) is 6.83. The number of nitrogens with one attached hydrogen (secondary N) is 2. The standard InChI is InChI=1S/C14H20N4O2/c1-11(19)18-9-8-16-13(10-18)14(20)17-7-5-12-4-2-3-6-15-12/h2-4,6,13,16H,5,7-10H2,1H3,(H,17,20). The monoisotopic (exact) mass is 276 g/mol. The average molecular weight is 276 g/mol. The second kappa shape index (κ2) is 7.00. The summed E-state index contributed by atoms with van der Waals surface area (Å²) in [7, 11) is 0. The summed E-state index contributed by atoms with van der Waals surface area (Å²) in [5.74, 6) is -0.0512. The van der Waals surface area contributed by atoms with Gasteiger partial charge in [-0.25, -0.2) is 0 Å². The Morgan fingerprint density at radius 1 is 1.50 bits per heavy atom. The molecule has 1 fully saturated rings.